The maximum absolute atomic E-state index is 14.7. The quantitative estimate of drug-likeness (QED) is 0.222. The van der Waals surface area contributed by atoms with Crippen LogP contribution in [0.25, 0.3) is 0 Å². The topological polar surface area (TPSA) is 77.7 Å². The molecule has 0 unspecified atom stereocenters. The second-order valence-corrected chi connectivity index (χ2v) is 8.13. The van der Waals surface area contributed by atoms with E-state index in [1.807, 2.05) is 18.2 Å². The lowest BCUT2D eigenvalue weighted by atomic mass is 10.1. The Bertz CT molecular complexity index is 916. The van der Waals surface area contributed by atoms with Crippen LogP contribution in [-0.2, 0) is 0 Å². The van der Waals surface area contributed by atoms with Gasteiger partial charge in [-0.3, -0.25) is 5.43 Å². The molecule has 1 atom stereocenters. The fraction of sp³-hybridized carbons (Fsp3) is 0.364. The number of hydrogen-bond acceptors (Lipinski definition) is 5. The minimum Gasteiger partial charge on any atom is -0.383 e. The number of anilines is 3. The van der Waals surface area contributed by atoms with Gasteiger partial charge in [-0.05, 0) is 61.3 Å². The third-order valence-corrected chi connectivity index (χ3v) is 5.14. The maximum Gasteiger partial charge on any atom is 0.184 e. The van der Waals surface area contributed by atoms with Gasteiger partial charge in [-0.25, -0.2) is 4.39 Å². The minimum atomic E-state index is -0.321. The van der Waals surface area contributed by atoms with Crippen molar-refractivity contribution in [2.24, 2.45) is 16.8 Å². The van der Waals surface area contributed by atoms with Gasteiger partial charge in [0, 0.05) is 43.1 Å². The largest absolute Gasteiger partial charge is 0.383 e. The average molecular weight is 429 g/mol. The van der Waals surface area contributed by atoms with Gasteiger partial charge in [0.2, 0.25) is 0 Å². The van der Waals surface area contributed by atoms with Crippen LogP contribution in [0, 0.1) is 18.7 Å². The van der Waals surface area contributed by atoms with E-state index >= 15 is 0 Å². The fourth-order valence-corrected chi connectivity index (χ4v) is 3.62. The number of hydrogen-bond donors (Lipinski definition) is 4. The highest BCUT2D eigenvalue weighted by Crippen LogP contribution is 2.30. The van der Waals surface area contributed by atoms with Gasteiger partial charge in [0.25, 0.3) is 0 Å². The molecule has 3 rings (SSSR count). The third kappa shape index (κ3) is 6.06. The molecule has 0 aromatic heterocycles. The van der Waals surface area contributed by atoms with Crippen molar-refractivity contribution in [2.75, 3.05) is 41.7 Å². The highest BCUT2D eigenvalue weighted by molar-refractivity contribution is 7.80. The molecule has 0 amide bonds. The van der Waals surface area contributed by atoms with Crippen molar-refractivity contribution in [3.8, 4) is 0 Å². The summed E-state index contributed by atoms with van der Waals surface area (Å²) < 4.78 is 14.7. The summed E-state index contributed by atoms with van der Waals surface area (Å²) in [4.78, 5) is 2.27. The van der Waals surface area contributed by atoms with E-state index < -0.39 is 0 Å². The van der Waals surface area contributed by atoms with Crippen molar-refractivity contribution in [3.05, 3.63) is 53.3 Å². The molecule has 2 aromatic rings. The Morgan fingerprint density at radius 3 is 2.80 bits per heavy atom. The molecule has 1 saturated heterocycles. The van der Waals surface area contributed by atoms with Crippen molar-refractivity contribution in [1.29, 1.82) is 0 Å². The van der Waals surface area contributed by atoms with Gasteiger partial charge in [-0.1, -0.05) is 19.1 Å². The van der Waals surface area contributed by atoms with E-state index in [9.17, 15) is 4.39 Å². The smallest absolute Gasteiger partial charge is 0.184 e. The van der Waals surface area contributed by atoms with Gasteiger partial charge in [-0.2, -0.15) is 5.10 Å². The Balaban J connectivity index is 1.70. The number of nitrogens with zero attached hydrogens (tertiary/aromatic N) is 2. The molecule has 160 valence electrons. The average Bonchev–Trinajstić information content (AvgIpc) is 3.12. The molecule has 5 N–H and O–H groups in total. The van der Waals surface area contributed by atoms with E-state index in [4.69, 9.17) is 18.0 Å². The first-order chi connectivity index (χ1) is 14.4. The van der Waals surface area contributed by atoms with E-state index in [0.29, 0.717) is 30.3 Å². The number of thiocarbonyl (C=S) groups is 1. The lowest BCUT2D eigenvalue weighted by Gasteiger charge is -2.22. The highest BCUT2D eigenvalue weighted by Gasteiger charge is 2.22. The number of nitrogens with one attached hydrogen (secondary N) is 3. The van der Waals surface area contributed by atoms with Crippen LogP contribution >= 0.6 is 12.2 Å². The number of benzene rings is 2. The normalized spacial score (nSPS) is 16.1. The first-order valence-electron chi connectivity index (χ1n) is 10.1. The van der Waals surface area contributed by atoms with E-state index in [1.54, 1.807) is 6.21 Å². The summed E-state index contributed by atoms with van der Waals surface area (Å²) in [6.45, 7) is 7.42. The number of rotatable bonds is 8. The van der Waals surface area contributed by atoms with Crippen LogP contribution in [0.5, 0.6) is 0 Å². The molecule has 1 heterocycles. The monoisotopic (exact) mass is 428 g/mol. The maximum atomic E-state index is 14.7. The predicted molar refractivity (Wildman–Crippen MR) is 128 cm³/mol. The number of aryl methyl sites for hydroxylation is 1. The van der Waals surface area contributed by atoms with Crippen molar-refractivity contribution in [2.45, 2.75) is 20.3 Å². The zero-order chi connectivity index (χ0) is 21.5. The van der Waals surface area contributed by atoms with Gasteiger partial charge in [0.1, 0.15) is 5.82 Å². The van der Waals surface area contributed by atoms with Crippen LogP contribution in [0.1, 0.15) is 24.5 Å². The molecule has 1 aliphatic heterocycles. The van der Waals surface area contributed by atoms with Gasteiger partial charge < -0.3 is 21.3 Å². The highest BCUT2D eigenvalue weighted by atomic mass is 32.1. The van der Waals surface area contributed by atoms with Gasteiger partial charge in [0.15, 0.2) is 5.11 Å². The van der Waals surface area contributed by atoms with Crippen molar-refractivity contribution < 1.29 is 4.39 Å². The third-order valence-electron chi connectivity index (χ3n) is 5.05. The van der Waals surface area contributed by atoms with Crippen LogP contribution in [0.2, 0.25) is 0 Å². The number of halogens is 1. The van der Waals surface area contributed by atoms with Crippen LogP contribution in [0.4, 0.5) is 21.5 Å². The summed E-state index contributed by atoms with van der Waals surface area (Å²) in [6, 6.07) is 11.5. The van der Waals surface area contributed by atoms with Crippen LogP contribution < -0.4 is 26.7 Å². The molecular weight excluding hydrogens is 399 g/mol. The van der Waals surface area contributed by atoms with E-state index in [1.165, 1.54) is 11.6 Å². The lowest BCUT2D eigenvalue weighted by molar-refractivity contribution is 0.629. The van der Waals surface area contributed by atoms with E-state index in [0.717, 1.165) is 30.9 Å². The van der Waals surface area contributed by atoms with E-state index in [-0.39, 0.29) is 10.9 Å². The Kier molecular flexibility index (Phi) is 7.46. The molecular formula is C22H29FN6S. The summed E-state index contributed by atoms with van der Waals surface area (Å²) in [7, 11) is 0. The fourth-order valence-electron chi connectivity index (χ4n) is 3.57. The summed E-state index contributed by atoms with van der Waals surface area (Å²) in [5, 5.41) is 10.6. The summed E-state index contributed by atoms with van der Waals surface area (Å²) >= 11 is 4.77. The second-order valence-electron chi connectivity index (χ2n) is 7.69. The van der Waals surface area contributed by atoms with Gasteiger partial charge in [0.05, 0.1) is 11.9 Å². The molecule has 8 heteroatoms. The number of nitrogens with two attached hydrogens (primary N) is 1. The zero-order valence-electron chi connectivity index (χ0n) is 17.4. The van der Waals surface area contributed by atoms with Crippen LogP contribution in [-0.4, -0.2) is 37.5 Å². The predicted octanol–water partition coefficient (Wildman–Crippen LogP) is 3.67. The van der Waals surface area contributed by atoms with Gasteiger partial charge >= 0.3 is 0 Å². The molecule has 30 heavy (non-hydrogen) atoms. The molecule has 0 bridgehead atoms. The minimum absolute atomic E-state index is 0.0717. The Hall–Kier alpha value is -2.87. The molecule has 0 spiro atoms. The van der Waals surface area contributed by atoms with Crippen molar-refractivity contribution >= 4 is 40.6 Å². The van der Waals surface area contributed by atoms with E-state index in [2.05, 4.69) is 52.0 Å². The summed E-state index contributed by atoms with van der Waals surface area (Å²) in [5.41, 5.74) is 12.3. The summed E-state index contributed by atoms with van der Waals surface area (Å²) in [5.74, 6) is 0.280. The first-order valence-corrected chi connectivity index (χ1v) is 10.5. The SMILES string of the molecule is Cc1cccc(NCCNc2cc(N3CC[C@@H](C)C3)c(/C=N/NC(N)=S)cc2F)c1. The zero-order valence-corrected chi connectivity index (χ0v) is 18.2. The summed E-state index contributed by atoms with van der Waals surface area (Å²) in [6.07, 6.45) is 2.67. The molecule has 0 radical (unpaired) electrons. The molecule has 1 fully saturated rings. The molecule has 2 aromatic carbocycles. The Morgan fingerprint density at radius 1 is 1.30 bits per heavy atom. The van der Waals surface area contributed by atoms with Crippen molar-refractivity contribution in [1.82, 2.24) is 5.43 Å². The first kappa shape index (κ1) is 21.8. The Labute approximate surface area is 182 Å². The number of hydrazone groups is 1. The molecule has 0 saturated carbocycles. The van der Waals surface area contributed by atoms with Crippen molar-refractivity contribution in [3.63, 3.8) is 0 Å². The standard InChI is InChI=1S/C22H29FN6S/c1-15-4-3-5-18(10-15)25-7-8-26-20-12-21(29-9-6-16(2)14-29)17(11-19(20)23)13-27-28-22(24)30/h3-5,10-13,16,25-26H,6-9,14H2,1-2H3,(H3,24,28,30)/b27-13+/t16-/m1/s1. The Morgan fingerprint density at radius 2 is 2.10 bits per heavy atom. The van der Waals surface area contributed by atoms with Gasteiger partial charge in [-0.15, -0.1) is 0 Å². The molecule has 0 aliphatic carbocycles. The van der Waals surface area contributed by atoms with Crippen LogP contribution in [0.15, 0.2) is 41.5 Å². The van der Waals surface area contributed by atoms with Crippen LogP contribution in [0.3, 0.4) is 0 Å². The molecule has 1 aliphatic rings. The lowest BCUT2D eigenvalue weighted by Crippen LogP contribution is -2.24. The molecule has 6 nitrogen and oxygen atoms in total. The second kappa shape index (κ2) is 10.2.